The molecule has 0 spiro atoms. The number of hydrogen-bond acceptors (Lipinski definition) is 2. The van der Waals surface area contributed by atoms with Crippen molar-refractivity contribution in [1.29, 1.82) is 0 Å². The SMILES string of the molecule is C[C@H](N)c1ccc(F)cc1OCc1ccc(F)c(F)c1. The Morgan fingerprint density at radius 3 is 2.45 bits per heavy atom. The molecule has 2 aromatic rings. The molecule has 0 fully saturated rings. The summed E-state index contributed by atoms with van der Waals surface area (Å²) in [5, 5.41) is 0. The van der Waals surface area contributed by atoms with E-state index >= 15 is 0 Å². The molecule has 0 saturated carbocycles. The van der Waals surface area contributed by atoms with Crippen LogP contribution in [0, 0.1) is 17.5 Å². The highest BCUT2D eigenvalue weighted by atomic mass is 19.2. The molecule has 0 aromatic heterocycles. The largest absolute Gasteiger partial charge is 0.488 e. The van der Waals surface area contributed by atoms with E-state index in [-0.39, 0.29) is 12.6 Å². The van der Waals surface area contributed by atoms with E-state index in [1.54, 1.807) is 13.0 Å². The van der Waals surface area contributed by atoms with Crippen LogP contribution < -0.4 is 10.5 Å². The predicted octanol–water partition coefficient (Wildman–Crippen LogP) is 3.70. The predicted molar refractivity (Wildman–Crippen MR) is 69.7 cm³/mol. The third-order valence-corrected chi connectivity index (χ3v) is 2.84. The number of nitrogens with two attached hydrogens (primary N) is 1. The van der Waals surface area contributed by atoms with Crippen LogP contribution in [0.25, 0.3) is 0 Å². The van der Waals surface area contributed by atoms with Crippen molar-refractivity contribution in [3.63, 3.8) is 0 Å². The summed E-state index contributed by atoms with van der Waals surface area (Å²) in [6, 6.07) is 7.20. The number of rotatable bonds is 4. The molecular weight excluding hydrogens is 267 g/mol. The first-order valence-electron chi connectivity index (χ1n) is 6.09. The smallest absolute Gasteiger partial charge is 0.159 e. The van der Waals surface area contributed by atoms with Gasteiger partial charge < -0.3 is 10.5 Å². The number of hydrogen-bond donors (Lipinski definition) is 1. The van der Waals surface area contributed by atoms with Gasteiger partial charge in [0.1, 0.15) is 18.2 Å². The summed E-state index contributed by atoms with van der Waals surface area (Å²) in [7, 11) is 0. The number of ether oxygens (including phenoxy) is 1. The fourth-order valence-electron chi connectivity index (χ4n) is 1.80. The lowest BCUT2D eigenvalue weighted by atomic mass is 10.1. The second kappa shape index (κ2) is 5.96. The normalized spacial score (nSPS) is 12.2. The second-order valence-corrected chi connectivity index (χ2v) is 4.51. The third-order valence-electron chi connectivity index (χ3n) is 2.84. The van der Waals surface area contributed by atoms with Gasteiger partial charge in [-0.05, 0) is 30.7 Å². The summed E-state index contributed by atoms with van der Waals surface area (Å²) in [5.74, 6) is -2.02. The van der Waals surface area contributed by atoms with E-state index in [1.807, 2.05) is 0 Å². The molecule has 0 amide bonds. The molecule has 20 heavy (non-hydrogen) atoms. The van der Waals surface area contributed by atoms with Crippen molar-refractivity contribution in [2.24, 2.45) is 5.73 Å². The zero-order valence-corrected chi connectivity index (χ0v) is 10.9. The standard InChI is InChI=1S/C15H14F3NO/c1-9(19)12-4-3-11(16)7-15(12)20-8-10-2-5-13(17)14(18)6-10/h2-7,9H,8,19H2,1H3/t9-/m0/s1. The van der Waals surface area contributed by atoms with Crippen LogP contribution >= 0.6 is 0 Å². The van der Waals surface area contributed by atoms with E-state index in [0.29, 0.717) is 16.9 Å². The molecule has 0 aliphatic carbocycles. The van der Waals surface area contributed by atoms with Crippen LogP contribution in [0.3, 0.4) is 0 Å². The van der Waals surface area contributed by atoms with Gasteiger partial charge in [0.2, 0.25) is 0 Å². The van der Waals surface area contributed by atoms with Gasteiger partial charge in [-0.3, -0.25) is 0 Å². The highest BCUT2D eigenvalue weighted by molar-refractivity contribution is 5.36. The fourth-order valence-corrected chi connectivity index (χ4v) is 1.80. The maximum atomic E-state index is 13.2. The first kappa shape index (κ1) is 14.4. The van der Waals surface area contributed by atoms with Gasteiger partial charge >= 0.3 is 0 Å². The summed E-state index contributed by atoms with van der Waals surface area (Å²) in [4.78, 5) is 0. The van der Waals surface area contributed by atoms with Crippen molar-refractivity contribution in [2.45, 2.75) is 19.6 Å². The average molecular weight is 281 g/mol. The molecule has 0 radical (unpaired) electrons. The van der Waals surface area contributed by atoms with E-state index < -0.39 is 17.5 Å². The quantitative estimate of drug-likeness (QED) is 0.927. The summed E-state index contributed by atoms with van der Waals surface area (Å²) in [6.07, 6.45) is 0. The molecule has 1 atom stereocenters. The fraction of sp³-hybridized carbons (Fsp3) is 0.200. The van der Waals surface area contributed by atoms with Crippen molar-refractivity contribution < 1.29 is 17.9 Å². The molecule has 0 aliphatic rings. The monoisotopic (exact) mass is 281 g/mol. The Labute approximate surface area is 115 Å². The van der Waals surface area contributed by atoms with Crippen molar-refractivity contribution in [1.82, 2.24) is 0 Å². The van der Waals surface area contributed by atoms with Crippen LogP contribution in [0.4, 0.5) is 13.2 Å². The van der Waals surface area contributed by atoms with Crippen LogP contribution in [-0.4, -0.2) is 0 Å². The van der Waals surface area contributed by atoms with E-state index in [1.165, 1.54) is 18.2 Å². The van der Waals surface area contributed by atoms with E-state index in [0.717, 1.165) is 12.1 Å². The van der Waals surface area contributed by atoms with Crippen LogP contribution in [0.1, 0.15) is 24.1 Å². The molecule has 106 valence electrons. The molecule has 5 heteroatoms. The number of halogens is 3. The minimum atomic E-state index is -0.947. The minimum Gasteiger partial charge on any atom is -0.488 e. The Hall–Kier alpha value is -2.01. The zero-order valence-electron chi connectivity index (χ0n) is 10.9. The van der Waals surface area contributed by atoms with Crippen LogP contribution in [-0.2, 0) is 6.61 Å². The molecule has 2 nitrogen and oxygen atoms in total. The van der Waals surface area contributed by atoms with Crippen LogP contribution in [0.2, 0.25) is 0 Å². The molecule has 0 heterocycles. The van der Waals surface area contributed by atoms with E-state index in [2.05, 4.69) is 0 Å². The van der Waals surface area contributed by atoms with Gasteiger partial charge in [-0.1, -0.05) is 12.1 Å². The molecule has 2 N–H and O–H groups in total. The van der Waals surface area contributed by atoms with Gasteiger partial charge in [0.05, 0.1) is 0 Å². The highest BCUT2D eigenvalue weighted by Crippen LogP contribution is 2.25. The minimum absolute atomic E-state index is 0.000370. The van der Waals surface area contributed by atoms with Crippen molar-refractivity contribution in [3.05, 3.63) is 65.0 Å². The van der Waals surface area contributed by atoms with Gasteiger partial charge in [-0.2, -0.15) is 0 Å². The van der Waals surface area contributed by atoms with Crippen molar-refractivity contribution >= 4 is 0 Å². The highest BCUT2D eigenvalue weighted by Gasteiger charge is 2.10. The Bertz CT molecular complexity index is 614. The zero-order chi connectivity index (χ0) is 14.7. The van der Waals surface area contributed by atoms with Crippen molar-refractivity contribution in [3.8, 4) is 5.75 Å². The van der Waals surface area contributed by atoms with Gasteiger partial charge in [0, 0.05) is 17.7 Å². The lowest BCUT2D eigenvalue weighted by molar-refractivity contribution is 0.298. The Kier molecular flexibility index (Phi) is 4.29. The molecule has 0 unspecified atom stereocenters. The van der Waals surface area contributed by atoms with E-state index in [4.69, 9.17) is 10.5 Å². The Morgan fingerprint density at radius 2 is 1.80 bits per heavy atom. The second-order valence-electron chi connectivity index (χ2n) is 4.51. The molecule has 0 bridgehead atoms. The van der Waals surface area contributed by atoms with Crippen LogP contribution in [0.5, 0.6) is 5.75 Å². The third kappa shape index (κ3) is 3.30. The lowest BCUT2D eigenvalue weighted by Crippen LogP contribution is -2.08. The molecule has 2 aromatic carbocycles. The summed E-state index contributed by atoms with van der Waals surface area (Å²) >= 11 is 0. The van der Waals surface area contributed by atoms with Crippen molar-refractivity contribution in [2.75, 3.05) is 0 Å². The first-order chi connectivity index (χ1) is 9.47. The van der Waals surface area contributed by atoms with Gasteiger partial charge in [-0.15, -0.1) is 0 Å². The van der Waals surface area contributed by atoms with Gasteiger partial charge in [0.25, 0.3) is 0 Å². The molecule has 0 saturated heterocycles. The molecule has 2 rings (SSSR count). The Morgan fingerprint density at radius 1 is 1.05 bits per heavy atom. The topological polar surface area (TPSA) is 35.2 Å². The maximum Gasteiger partial charge on any atom is 0.159 e. The van der Waals surface area contributed by atoms with E-state index in [9.17, 15) is 13.2 Å². The summed E-state index contributed by atoms with van der Waals surface area (Å²) in [6.45, 7) is 1.75. The van der Waals surface area contributed by atoms with Gasteiger partial charge in [0.15, 0.2) is 11.6 Å². The number of benzene rings is 2. The average Bonchev–Trinajstić information content (AvgIpc) is 2.40. The Balaban J connectivity index is 2.17. The first-order valence-corrected chi connectivity index (χ1v) is 6.09. The summed E-state index contributed by atoms with van der Waals surface area (Å²) < 4.78 is 44.5. The summed E-state index contributed by atoms with van der Waals surface area (Å²) in [5.41, 5.74) is 6.86. The molecule has 0 aliphatic heterocycles. The molecular formula is C15H14F3NO. The maximum absolute atomic E-state index is 13.2. The van der Waals surface area contributed by atoms with Crippen LogP contribution in [0.15, 0.2) is 36.4 Å². The lowest BCUT2D eigenvalue weighted by Gasteiger charge is -2.14. The van der Waals surface area contributed by atoms with Gasteiger partial charge in [-0.25, -0.2) is 13.2 Å².